The third-order valence-electron chi connectivity index (χ3n) is 2.32. The highest BCUT2D eigenvalue weighted by atomic mass is 32.2. The molecule has 0 aliphatic heterocycles. The summed E-state index contributed by atoms with van der Waals surface area (Å²) in [5.41, 5.74) is 0.856. The number of sulfone groups is 1. The fraction of sp³-hybridized carbons (Fsp3) is 0.455. The molecule has 0 bridgehead atoms. The second kappa shape index (κ2) is 5.08. The predicted molar refractivity (Wildman–Crippen MR) is 58.5 cm³/mol. The monoisotopic (exact) mass is 266 g/mol. The molecule has 0 atom stereocenters. The van der Waals surface area contributed by atoms with E-state index in [4.69, 9.17) is 0 Å². The Morgan fingerprint density at radius 3 is 2.12 bits per heavy atom. The van der Waals surface area contributed by atoms with E-state index >= 15 is 0 Å². The molecule has 0 N–H and O–H groups in total. The fourth-order valence-corrected chi connectivity index (χ4v) is 2.35. The van der Waals surface area contributed by atoms with Crippen LogP contribution in [0.3, 0.4) is 0 Å². The lowest BCUT2D eigenvalue weighted by molar-refractivity contribution is 0.0620. The van der Waals surface area contributed by atoms with Crippen LogP contribution >= 0.6 is 0 Å². The molecule has 17 heavy (non-hydrogen) atoms. The molecule has 6 heteroatoms. The maximum absolute atomic E-state index is 12.9. The van der Waals surface area contributed by atoms with Crippen molar-refractivity contribution in [3.63, 3.8) is 0 Å². The molecule has 1 rings (SSSR count). The lowest BCUT2D eigenvalue weighted by Gasteiger charge is -2.13. The number of alkyl halides is 3. The van der Waals surface area contributed by atoms with Crippen LogP contribution in [0.2, 0.25) is 0 Å². The summed E-state index contributed by atoms with van der Waals surface area (Å²) in [5, 5.41) is -4.36. The van der Waals surface area contributed by atoms with Crippen LogP contribution < -0.4 is 0 Å². The molecule has 0 amide bonds. The lowest BCUT2D eigenvalue weighted by Crippen LogP contribution is -2.31. The van der Waals surface area contributed by atoms with Crippen molar-refractivity contribution in [3.05, 3.63) is 29.8 Å². The summed E-state index contributed by atoms with van der Waals surface area (Å²) in [7, 11) is -4.93. The normalized spacial score (nSPS) is 12.7. The Balaban J connectivity index is 3.09. The molecule has 0 spiro atoms. The minimum atomic E-state index is -4.93. The van der Waals surface area contributed by atoms with Crippen LogP contribution in [0, 0.1) is 0 Å². The molecule has 0 fully saturated rings. The summed E-state index contributed by atoms with van der Waals surface area (Å²) in [6.45, 7) is -0.270. The van der Waals surface area contributed by atoms with Gasteiger partial charge in [0, 0.05) is 0 Å². The Hall–Kier alpha value is -1.04. The molecule has 2 nitrogen and oxygen atoms in total. The first-order chi connectivity index (χ1) is 7.85. The number of halogens is 3. The largest absolute Gasteiger partial charge is 0.377 e. The van der Waals surface area contributed by atoms with Crippen LogP contribution in [0.4, 0.5) is 13.2 Å². The van der Waals surface area contributed by atoms with Gasteiger partial charge in [0.05, 0.1) is 4.90 Å². The van der Waals surface area contributed by atoms with Crippen molar-refractivity contribution in [1.82, 2.24) is 0 Å². The molecule has 1 aromatic carbocycles. The van der Waals surface area contributed by atoms with E-state index in [0.717, 1.165) is 30.5 Å². The van der Waals surface area contributed by atoms with E-state index in [1.807, 2.05) is 6.92 Å². The zero-order valence-electron chi connectivity index (χ0n) is 9.29. The first-order valence-electron chi connectivity index (χ1n) is 5.12. The van der Waals surface area contributed by atoms with Crippen molar-refractivity contribution in [2.75, 3.05) is 6.67 Å². The first kappa shape index (κ1) is 14.0. The molecule has 1 aromatic rings. The highest BCUT2D eigenvalue weighted by Crippen LogP contribution is 2.29. The molecule has 96 valence electrons. The number of hydrogen-bond acceptors (Lipinski definition) is 2. The summed E-state index contributed by atoms with van der Waals surface area (Å²) >= 11 is 0. The zero-order chi connectivity index (χ0) is 13.1. The fourth-order valence-electron chi connectivity index (χ4n) is 1.37. The van der Waals surface area contributed by atoms with Gasteiger partial charge in [0.15, 0.2) is 6.67 Å². The van der Waals surface area contributed by atoms with E-state index in [2.05, 4.69) is 0 Å². The Kier molecular flexibility index (Phi) is 4.19. The second-order valence-electron chi connectivity index (χ2n) is 3.67. The Bertz CT molecular complexity index is 466. The topological polar surface area (TPSA) is 34.1 Å². The summed E-state index contributed by atoms with van der Waals surface area (Å²) in [6.07, 6.45) is 1.60. The van der Waals surface area contributed by atoms with Crippen molar-refractivity contribution in [2.24, 2.45) is 0 Å². The molecular formula is C11H13F3O2S. The van der Waals surface area contributed by atoms with Gasteiger partial charge in [0.25, 0.3) is 0 Å². The van der Waals surface area contributed by atoms with Gasteiger partial charge >= 0.3 is 5.25 Å². The van der Waals surface area contributed by atoms with Gasteiger partial charge in [-0.25, -0.2) is 12.8 Å². The van der Waals surface area contributed by atoms with Crippen LogP contribution in [0.1, 0.15) is 18.9 Å². The van der Waals surface area contributed by atoms with Gasteiger partial charge in [-0.15, -0.1) is 0 Å². The molecule has 0 unspecified atom stereocenters. The van der Waals surface area contributed by atoms with Crippen LogP contribution in [0.5, 0.6) is 0 Å². The summed E-state index contributed by atoms with van der Waals surface area (Å²) in [4.78, 5) is -0.556. The molecule has 0 saturated heterocycles. The van der Waals surface area contributed by atoms with Crippen LogP contribution in [-0.4, -0.2) is 20.3 Å². The quantitative estimate of drug-likeness (QED) is 0.821. The van der Waals surface area contributed by atoms with E-state index in [-0.39, 0.29) is 0 Å². The van der Waals surface area contributed by atoms with E-state index in [1.54, 1.807) is 0 Å². The Morgan fingerprint density at radius 1 is 1.18 bits per heavy atom. The van der Waals surface area contributed by atoms with Crippen LogP contribution in [0.25, 0.3) is 0 Å². The SMILES string of the molecule is CCCc1ccc(S(=O)(=O)C(F)(F)CF)cc1. The van der Waals surface area contributed by atoms with Gasteiger partial charge in [0.1, 0.15) is 0 Å². The zero-order valence-corrected chi connectivity index (χ0v) is 10.1. The molecule has 0 aliphatic rings. The summed E-state index contributed by atoms with van der Waals surface area (Å²) in [5.74, 6) is 0. The molecule has 0 radical (unpaired) electrons. The molecule has 0 saturated carbocycles. The van der Waals surface area contributed by atoms with E-state index in [1.165, 1.54) is 12.1 Å². The summed E-state index contributed by atoms with van der Waals surface area (Å²) < 4.78 is 60.6. The maximum atomic E-state index is 12.9. The van der Waals surface area contributed by atoms with Crippen molar-refractivity contribution < 1.29 is 21.6 Å². The maximum Gasteiger partial charge on any atom is 0.377 e. The van der Waals surface area contributed by atoms with E-state index in [0.29, 0.717) is 0 Å². The van der Waals surface area contributed by atoms with Crippen molar-refractivity contribution in [2.45, 2.75) is 29.9 Å². The molecular weight excluding hydrogens is 253 g/mol. The number of rotatable bonds is 5. The standard InChI is InChI=1S/C11H13F3O2S/c1-2-3-9-4-6-10(7-5-9)17(15,16)11(13,14)8-12/h4-7H,2-3,8H2,1H3. The molecule has 0 heterocycles. The van der Waals surface area contributed by atoms with Gasteiger partial charge in [-0.2, -0.15) is 8.78 Å². The third kappa shape index (κ3) is 2.80. The van der Waals surface area contributed by atoms with Crippen LogP contribution in [-0.2, 0) is 16.3 Å². The lowest BCUT2D eigenvalue weighted by atomic mass is 10.1. The van der Waals surface area contributed by atoms with Crippen LogP contribution in [0.15, 0.2) is 29.2 Å². The van der Waals surface area contributed by atoms with Gasteiger partial charge < -0.3 is 0 Å². The average Bonchev–Trinajstić information content (AvgIpc) is 2.30. The van der Waals surface area contributed by atoms with Crippen molar-refractivity contribution in [1.29, 1.82) is 0 Å². The Labute approximate surface area is 98.4 Å². The second-order valence-corrected chi connectivity index (χ2v) is 5.74. The highest BCUT2D eigenvalue weighted by Gasteiger charge is 2.46. The summed E-state index contributed by atoms with van der Waals surface area (Å²) in [6, 6.07) is 5.10. The number of aryl methyl sites for hydroxylation is 1. The van der Waals surface area contributed by atoms with Gasteiger partial charge in [0.2, 0.25) is 9.84 Å². The van der Waals surface area contributed by atoms with Crippen molar-refractivity contribution >= 4 is 9.84 Å². The van der Waals surface area contributed by atoms with Gasteiger partial charge in [-0.1, -0.05) is 25.5 Å². The van der Waals surface area contributed by atoms with Crippen molar-refractivity contribution in [3.8, 4) is 0 Å². The van der Waals surface area contributed by atoms with E-state index < -0.39 is 26.7 Å². The minimum absolute atomic E-state index is 0.556. The number of hydrogen-bond donors (Lipinski definition) is 0. The van der Waals surface area contributed by atoms with Gasteiger partial charge in [-0.3, -0.25) is 0 Å². The molecule has 0 aliphatic carbocycles. The molecule has 0 aromatic heterocycles. The van der Waals surface area contributed by atoms with Gasteiger partial charge in [-0.05, 0) is 24.1 Å². The first-order valence-corrected chi connectivity index (χ1v) is 6.61. The van der Waals surface area contributed by atoms with E-state index in [9.17, 15) is 21.6 Å². The third-order valence-corrected chi connectivity index (χ3v) is 4.11. The minimum Gasteiger partial charge on any atom is -0.243 e. The smallest absolute Gasteiger partial charge is 0.243 e. The predicted octanol–water partition coefficient (Wildman–Crippen LogP) is 2.98. The Morgan fingerprint density at radius 2 is 1.71 bits per heavy atom. The average molecular weight is 266 g/mol. The number of benzene rings is 1. The highest BCUT2D eigenvalue weighted by molar-refractivity contribution is 7.92.